The Morgan fingerprint density at radius 1 is 1.05 bits per heavy atom. The quantitative estimate of drug-likeness (QED) is 0.912. The first-order chi connectivity index (χ1) is 10.0. The number of hydrogen-bond acceptors (Lipinski definition) is 2. The summed E-state index contributed by atoms with van der Waals surface area (Å²) in [4.78, 5) is 0. The van der Waals surface area contributed by atoms with E-state index in [0.717, 1.165) is 30.6 Å². The number of nitrogens with two attached hydrogens (primary N) is 1. The second-order valence-electron chi connectivity index (χ2n) is 6.19. The van der Waals surface area contributed by atoms with Gasteiger partial charge in [-0.2, -0.15) is 0 Å². The van der Waals surface area contributed by atoms with Crippen LogP contribution in [0, 0.1) is 13.8 Å². The number of rotatable bonds is 2. The summed E-state index contributed by atoms with van der Waals surface area (Å²) in [5.41, 5.74) is 12.9. The van der Waals surface area contributed by atoms with Gasteiger partial charge in [-0.25, -0.2) is 0 Å². The van der Waals surface area contributed by atoms with E-state index in [0.29, 0.717) is 0 Å². The molecule has 0 spiro atoms. The van der Waals surface area contributed by atoms with Crippen molar-refractivity contribution in [2.75, 3.05) is 7.11 Å². The third-order valence-electron chi connectivity index (χ3n) is 4.88. The van der Waals surface area contributed by atoms with Gasteiger partial charge in [-0.05, 0) is 55.4 Å². The molecule has 2 heteroatoms. The van der Waals surface area contributed by atoms with Crippen molar-refractivity contribution in [1.82, 2.24) is 0 Å². The van der Waals surface area contributed by atoms with E-state index in [-0.39, 0.29) is 5.54 Å². The largest absolute Gasteiger partial charge is 0.496 e. The van der Waals surface area contributed by atoms with E-state index in [2.05, 4.69) is 50.2 Å². The average molecular weight is 281 g/mol. The van der Waals surface area contributed by atoms with Crippen LogP contribution in [0.2, 0.25) is 0 Å². The number of hydrogen-bond donors (Lipinski definition) is 1. The van der Waals surface area contributed by atoms with Crippen LogP contribution in [0.5, 0.6) is 5.75 Å². The molecule has 2 aromatic rings. The van der Waals surface area contributed by atoms with Crippen molar-refractivity contribution in [3.63, 3.8) is 0 Å². The van der Waals surface area contributed by atoms with Gasteiger partial charge in [-0.1, -0.05) is 36.4 Å². The molecule has 0 saturated heterocycles. The van der Waals surface area contributed by atoms with Crippen LogP contribution < -0.4 is 10.5 Å². The second kappa shape index (κ2) is 5.19. The molecule has 0 radical (unpaired) electrons. The molecule has 2 aromatic carbocycles. The first kappa shape index (κ1) is 14.2. The molecule has 0 saturated carbocycles. The Bertz CT molecular complexity index is 677. The smallest absolute Gasteiger partial charge is 0.127 e. The summed E-state index contributed by atoms with van der Waals surface area (Å²) >= 11 is 0. The van der Waals surface area contributed by atoms with Gasteiger partial charge in [0.15, 0.2) is 0 Å². The first-order valence-corrected chi connectivity index (χ1v) is 7.55. The molecule has 1 aliphatic rings. The minimum absolute atomic E-state index is 0.335. The summed E-state index contributed by atoms with van der Waals surface area (Å²) in [5, 5.41) is 0. The van der Waals surface area contributed by atoms with Crippen molar-refractivity contribution in [3.8, 4) is 5.75 Å². The van der Waals surface area contributed by atoms with Gasteiger partial charge < -0.3 is 10.5 Å². The summed E-state index contributed by atoms with van der Waals surface area (Å²) in [6.07, 6.45) is 2.87. The first-order valence-electron chi connectivity index (χ1n) is 7.55. The van der Waals surface area contributed by atoms with Crippen molar-refractivity contribution >= 4 is 0 Å². The zero-order valence-corrected chi connectivity index (χ0v) is 13.1. The molecule has 0 amide bonds. The number of benzene rings is 2. The Kier molecular flexibility index (Phi) is 3.50. The van der Waals surface area contributed by atoms with Crippen LogP contribution in [-0.4, -0.2) is 7.11 Å². The second-order valence-corrected chi connectivity index (χ2v) is 6.19. The van der Waals surface area contributed by atoms with Gasteiger partial charge in [0, 0.05) is 11.1 Å². The third kappa shape index (κ3) is 2.34. The van der Waals surface area contributed by atoms with Crippen molar-refractivity contribution in [1.29, 1.82) is 0 Å². The monoisotopic (exact) mass is 281 g/mol. The van der Waals surface area contributed by atoms with E-state index >= 15 is 0 Å². The molecule has 0 aliphatic heterocycles. The SMILES string of the molecule is COc1c(C2(N)CCc3ccccc3C2)ccc(C)c1C. The summed E-state index contributed by atoms with van der Waals surface area (Å²) in [6, 6.07) is 12.9. The molecule has 1 atom stereocenters. The molecule has 110 valence electrons. The normalized spacial score (nSPS) is 21.0. The number of ether oxygens (including phenoxy) is 1. The number of fused-ring (bicyclic) bond motifs is 1. The van der Waals surface area contributed by atoms with E-state index in [4.69, 9.17) is 10.5 Å². The lowest BCUT2D eigenvalue weighted by Gasteiger charge is -2.36. The van der Waals surface area contributed by atoms with Crippen LogP contribution in [0.1, 0.15) is 34.2 Å². The van der Waals surface area contributed by atoms with Crippen LogP contribution in [0.25, 0.3) is 0 Å². The molecule has 2 nitrogen and oxygen atoms in total. The summed E-state index contributed by atoms with van der Waals surface area (Å²) in [6.45, 7) is 4.22. The summed E-state index contributed by atoms with van der Waals surface area (Å²) in [7, 11) is 1.74. The Morgan fingerprint density at radius 3 is 2.48 bits per heavy atom. The van der Waals surface area contributed by atoms with Crippen LogP contribution in [0.3, 0.4) is 0 Å². The zero-order chi connectivity index (χ0) is 15.0. The van der Waals surface area contributed by atoms with Crippen LogP contribution in [-0.2, 0) is 18.4 Å². The van der Waals surface area contributed by atoms with E-state index in [1.807, 2.05) is 0 Å². The molecular formula is C19H23NO. The highest BCUT2D eigenvalue weighted by Gasteiger charge is 2.35. The van der Waals surface area contributed by atoms with Gasteiger partial charge in [-0.15, -0.1) is 0 Å². The summed E-state index contributed by atoms with van der Waals surface area (Å²) in [5.74, 6) is 0.955. The van der Waals surface area contributed by atoms with Gasteiger partial charge in [0.05, 0.1) is 7.11 Å². The standard InChI is InChI=1S/C19H23NO/c1-13-8-9-17(18(21-3)14(13)2)19(20)11-10-15-6-4-5-7-16(15)12-19/h4-9H,10-12,20H2,1-3H3. The molecule has 21 heavy (non-hydrogen) atoms. The highest BCUT2D eigenvalue weighted by molar-refractivity contribution is 5.50. The minimum atomic E-state index is -0.335. The van der Waals surface area contributed by atoms with E-state index < -0.39 is 0 Å². The minimum Gasteiger partial charge on any atom is -0.496 e. The van der Waals surface area contributed by atoms with Crippen LogP contribution >= 0.6 is 0 Å². The fourth-order valence-corrected chi connectivity index (χ4v) is 3.43. The average Bonchev–Trinajstić information content (AvgIpc) is 2.49. The summed E-state index contributed by atoms with van der Waals surface area (Å²) < 4.78 is 5.68. The van der Waals surface area contributed by atoms with Crippen LogP contribution in [0.15, 0.2) is 36.4 Å². The van der Waals surface area contributed by atoms with Crippen molar-refractivity contribution in [2.45, 2.75) is 38.6 Å². The molecule has 3 rings (SSSR count). The van der Waals surface area contributed by atoms with Gasteiger partial charge in [0.2, 0.25) is 0 Å². The van der Waals surface area contributed by atoms with Crippen LogP contribution in [0.4, 0.5) is 0 Å². The molecule has 1 aliphatic carbocycles. The molecule has 0 heterocycles. The Hall–Kier alpha value is -1.80. The maximum Gasteiger partial charge on any atom is 0.127 e. The Labute approximate surface area is 126 Å². The topological polar surface area (TPSA) is 35.2 Å². The van der Waals surface area contributed by atoms with E-state index in [1.54, 1.807) is 7.11 Å². The van der Waals surface area contributed by atoms with E-state index in [9.17, 15) is 0 Å². The highest BCUT2D eigenvalue weighted by atomic mass is 16.5. The molecule has 1 unspecified atom stereocenters. The van der Waals surface area contributed by atoms with Crippen molar-refractivity contribution < 1.29 is 4.74 Å². The molecule has 0 fully saturated rings. The predicted octanol–water partition coefficient (Wildman–Crippen LogP) is 3.65. The Balaban J connectivity index is 2.07. The predicted molar refractivity (Wildman–Crippen MR) is 86.8 cm³/mol. The van der Waals surface area contributed by atoms with Crippen molar-refractivity contribution in [3.05, 3.63) is 64.2 Å². The van der Waals surface area contributed by atoms with Gasteiger partial charge >= 0.3 is 0 Å². The fraction of sp³-hybridized carbons (Fsp3) is 0.368. The van der Waals surface area contributed by atoms with Gasteiger partial charge in [-0.3, -0.25) is 0 Å². The van der Waals surface area contributed by atoms with Gasteiger partial charge in [0.25, 0.3) is 0 Å². The lowest BCUT2D eigenvalue weighted by molar-refractivity contribution is 0.347. The van der Waals surface area contributed by atoms with Gasteiger partial charge in [0.1, 0.15) is 5.75 Å². The maximum absolute atomic E-state index is 6.81. The third-order valence-corrected chi connectivity index (χ3v) is 4.88. The molecule has 2 N–H and O–H groups in total. The Morgan fingerprint density at radius 2 is 1.76 bits per heavy atom. The fourth-order valence-electron chi connectivity index (χ4n) is 3.43. The maximum atomic E-state index is 6.81. The van der Waals surface area contributed by atoms with E-state index in [1.165, 1.54) is 22.3 Å². The lowest BCUT2D eigenvalue weighted by atomic mass is 9.73. The number of methoxy groups -OCH3 is 1. The van der Waals surface area contributed by atoms with Crippen molar-refractivity contribution in [2.24, 2.45) is 5.73 Å². The molecular weight excluding hydrogens is 258 g/mol. The number of aryl methyl sites for hydroxylation is 2. The highest BCUT2D eigenvalue weighted by Crippen LogP contribution is 2.40. The lowest BCUT2D eigenvalue weighted by Crippen LogP contribution is -2.42. The zero-order valence-electron chi connectivity index (χ0n) is 13.1. The molecule has 0 bridgehead atoms. The molecule has 0 aromatic heterocycles.